The van der Waals surface area contributed by atoms with Crippen LogP contribution in [0.1, 0.15) is 18.1 Å². The van der Waals surface area contributed by atoms with Crippen molar-refractivity contribution >= 4 is 14.4 Å². The lowest BCUT2D eigenvalue weighted by atomic mass is 10.1. The zero-order chi connectivity index (χ0) is 13.8. The Morgan fingerprint density at radius 3 is 2.56 bits per heavy atom. The number of ether oxygens (including phenoxy) is 1. The topological polar surface area (TPSA) is 18.5 Å². The zero-order valence-corrected chi connectivity index (χ0v) is 13.1. The molecule has 0 fully saturated rings. The molecule has 2 nitrogen and oxygen atoms in total. The van der Waals surface area contributed by atoms with Gasteiger partial charge in [-0.1, -0.05) is 24.8 Å². The Balaban J connectivity index is 2.65. The van der Waals surface area contributed by atoms with Crippen molar-refractivity contribution in [2.24, 2.45) is 0 Å². The predicted octanol–water partition coefficient (Wildman–Crippen LogP) is 4.26. The first-order valence-corrected chi connectivity index (χ1v) is 9.77. The van der Waals surface area contributed by atoms with Crippen LogP contribution in [0.4, 0.5) is 0 Å². The molecule has 0 aliphatic carbocycles. The molecule has 1 atom stereocenters. The average Bonchev–Trinajstić information content (AvgIpc) is 2.28. The van der Waals surface area contributed by atoms with Crippen LogP contribution in [0.3, 0.4) is 0 Å². The normalized spacial score (nSPS) is 13.2. The SMILES string of the molecule is C=Cc1cccc(OC(C)CO[Si](C)(C)C)c1C. The van der Waals surface area contributed by atoms with Gasteiger partial charge in [0.25, 0.3) is 0 Å². The van der Waals surface area contributed by atoms with Gasteiger partial charge in [0.05, 0.1) is 6.61 Å². The van der Waals surface area contributed by atoms with Gasteiger partial charge in [0, 0.05) is 0 Å². The Labute approximate surface area is 112 Å². The highest BCUT2D eigenvalue weighted by Crippen LogP contribution is 2.23. The molecule has 3 heteroatoms. The summed E-state index contributed by atoms with van der Waals surface area (Å²) in [5, 5.41) is 0. The molecule has 0 radical (unpaired) electrons. The van der Waals surface area contributed by atoms with E-state index in [-0.39, 0.29) is 6.10 Å². The Kier molecular flexibility index (Phi) is 5.17. The third kappa shape index (κ3) is 4.67. The van der Waals surface area contributed by atoms with E-state index in [1.807, 2.05) is 31.2 Å². The van der Waals surface area contributed by atoms with E-state index in [1.165, 1.54) is 0 Å². The van der Waals surface area contributed by atoms with Crippen LogP contribution >= 0.6 is 0 Å². The molecule has 18 heavy (non-hydrogen) atoms. The number of benzene rings is 1. The van der Waals surface area contributed by atoms with Gasteiger partial charge in [-0.3, -0.25) is 0 Å². The summed E-state index contributed by atoms with van der Waals surface area (Å²) < 4.78 is 11.8. The zero-order valence-electron chi connectivity index (χ0n) is 12.1. The standard InChI is InChI=1S/C15H24O2Si/c1-7-14-9-8-10-15(13(14)3)17-12(2)11-16-18(4,5)6/h7-10,12H,1,11H2,2-6H3. The molecule has 1 rings (SSSR count). The molecule has 0 N–H and O–H groups in total. The Morgan fingerprint density at radius 1 is 1.33 bits per heavy atom. The summed E-state index contributed by atoms with van der Waals surface area (Å²) in [5.41, 5.74) is 2.25. The summed E-state index contributed by atoms with van der Waals surface area (Å²) in [5.74, 6) is 0.916. The molecule has 0 aliphatic heterocycles. The Hall–Kier alpha value is -1.06. The van der Waals surface area contributed by atoms with Gasteiger partial charge in [-0.15, -0.1) is 0 Å². The maximum Gasteiger partial charge on any atom is 0.183 e. The van der Waals surface area contributed by atoms with E-state index in [9.17, 15) is 0 Å². The molecule has 0 bridgehead atoms. The summed E-state index contributed by atoms with van der Waals surface area (Å²) in [6, 6.07) is 6.03. The van der Waals surface area contributed by atoms with Gasteiger partial charge in [-0.2, -0.15) is 0 Å². The minimum atomic E-state index is -1.46. The first-order chi connectivity index (χ1) is 8.33. The van der Waals surface area contributed by atoms with Gasteiger partial charge in [-0.25, -0.2) is 0 Å². The molecular formula is C15H24O2Si. The first-order valence-electron chi connectivity index (χ1n) is 6.36. The van der Waals surface area contributed by atoms with Gasteiger partial charge in [0.2, 0.25) is 0 Å². The van der Waals surface area contributed by atoms with Crippen molar-refractivity contribution in [1.29, 1.82) is 0 Å². The molecule has 100 valence electrons. The van der Waals surface area contributed by atoms with Crippen LogP contribution in [0.15, 0.2) is 24.8 Å². The minimum absolute atomic E-state index is 0.0653. The van der Waals surface area contributed by atoms with Crippen LogP contribution < -0.4 is 4.74 Å². The predicted molar refractivity (Wildman–Crippen MR) is 80.7 cm³/mol. The van der Waals surface area contributed by atoms with E-state index in [2.05, 4.69) is 33.1 Å². The second-order valence-corrected chi connectivity index (χ2v) is 10.0. The third-order valence-corrected chi connectivity index (χ3v) is 3.66. The Morgan fingerprint density at radius 2 is 2.00 bits per heavy atom. The van der Waals surface area contributed by atoms with Gasteiger partial charge in [-0.05, 0) is 50.7 Å². The summed E-state index contributed by atoms with van der Waals surface area (Å²) in [7, 11) is -1.46. The largest absolute Gasteiger partial charge is 0.488 e. The Bertz CT molecular complexity index is 407. The molecule has 0 spiro atoms. The van der Waals surface area contributed by atoms with E-state index in [0.717, 1.165) is 16.9 Å². The quantitative estimate of drug-likeness (QED) is 0.715. The van der Waals surface area contributed by atoms with E-state index >= 15 is 0 Å². The maximum atomic E-state index is 5.93. The average molecular weight is 264 g/mol. The van der Waals surface area contributed by atoms with Gasteiger partial charge < -0.3 is 9.16 Å². The fourth-order valence-electron chi connectivity index (χ4n) is 1.60. The van der Waals surface area contributed by atoms with Crippen molar-refractivity contribution < 1.29 is 9.16 Å². The molecular weight excluding hydrogens is 240 g/mol. The summed E-state index contributed by atoms with van der Waals surface area (Å²) in [4.78, 5) is 0. The van der Waals surface area contributed by atoms with E-state index in [4.69, 9.17) is 9.16 Å². The summed E-state index contributed by atoms with van der Waals surface area (Å²) in [6.07, 6.45) is 1.92. The molecule has 1 aromatic carbocycles. The minimum Gasteiger partial charge on any atom is -0.488 e. The number of hydrogen-bond acceptors (Lipinski definition) is 2. The van der Waals surface area contributed by atoms with Crippen LogP contribution in [0.25, 0.3) is 6.08 Å². The van der Waals surface area contributed by atoms with E-state index in [0.29, 0.717) is 6.61 Å². The summed E-state index contributed by atoms with van der Waals surface area (Å²) in [6.45, 7) is 15.1. The highest BCUT2D eigenvalue weighted by atomic mass is 28.4. The van der Waals surface area contributed by atoms with Crippen LogP contribution in [0, 0.1) is 6.92 Å². The molecule has 1 unspecified atom stereocenters. The van der Waals surface area contributed by atoms with Gasteiger partial charge >= 0.3 is 0 Å². The third-order valence-electron chi connectivity index (χ3n) is 2.63. The molecule has 0 amide bonds. The van der Waals surface area contributed by atoms with Crippen LogP contribution in [0.5, 0.6) is 5.75 Å². The van der Waals surface area contributed by atoms with Crippen LogP contribution in [0.2, 0.25) is 19.6 Å². The molecule has 0 aromatic heterocycles. The van der Waals surface area contributed by atoms with Gasteiger partial charge in [0.15, 0.2) is 8.32 Å². The number of hydrogen-bond donors (Lipinski definition) is 0. The highest BCUT2D eigenvalue weighted by molar-refractivity contribution is 6.69. The monoisotopic (exact) mass is 264 g/mol. The molecule has 0 saturated carbocycles. The van der Waals surface area contributed by atoms with Gasteiger partial charge in [0.1, 0.15) is 11.9 Å². The van der Waals surface area contributed by atoms with Crippen molar-refractivity contribution in [3.8, 4) is 5.75 Å². The molecule has 1 aromatic rings. The molecule has 0 heterocycles. The lowest BCUT2D eigenvalue weighted by molar-refractivity contribution is 0.138. The second kappa shape index (κ2) is 6.21. The maximum absolute atomic E-state index is 5.93. The molecule has 0 saturated heterocycles. The van der Waals surface area contributed by atoms with Crippen LogP contribution in [-0.2, 0) is 4.43 Å². The van der Waals surface area contributed by atoms with E-state index < -0.39 is 8.32 Å². The van der Waals surface area contributed by atoms with Crippen molar-refractivity contribution in [2.75, 3.05) is 6.61 Å². The molecule has 0 aliphatic rings. The van der Waals surface area contributed by atoms with Crippen LogP contribution in [-0.4, -0.2) is 21.0 Å². The fraction of sp³-hybridized carbons (Fsp3) is 0.467. The number of rotatable bonds is 6. The van der Waals surface area contributed by atoms with Crippen molar-refractivity contribution in [3.63, 3.8) is 0 Å². The second-order valence-electron chi connectivity index (χ2n) is 5.53. The van der Waals surface area contributed by atoms with Crippen molar-refractivity contribution in [1.82, 2.24) is 0 Å². The van der Waals surface area contributed by atoms with E-state index in [1.54, 1.807) is 0 Å². The first kappa shape index (κ1) is 15.0. The smallest absolute Gasteiger partial charge is 0.183 e. The lowest BCUT2D eigenvalue weighted by Crippen LogP contribution is -2.31. The van der Waals surface area contributed by atoms with Crippen molar-refractivity contribution in [2.45, 2.75) is 39.6 Å². The fourth-order valence-corrected chi connectivity index (χ4v) is 2.33. The summed E-state index contributed by atoms with van der Waals surface area (Å²) >= 11 is 0. The van der Waals surface area contributed by atoms with Crippen molar-refractivity contribution in [3.05, 3.63) is 35.9 Å². The highest BCUT2D eigenvalue weighted by Gasteiger charge is 2.16. The lowest BCUT2D eigenvalue weighted by Gasteiger charge is -2.22.